The summed E-state index contributed by atoms with van der Waals surface area (Å²) in [6.45, 7) is 2.75. The van der Waals surface area contributed by atoms with E-state index in [1.807, 2.05) is 11.5 Å². The first-order valence-electron chi connectivity index (χ1n) is 6.05. The second kappa shape index (κ2) is 5.20. The first-order valence-corrected chi connectivity index (χ1v) is 6.84. The summed E-state index contributed by atoms with van der Waals surface area (Å²) in [4.78, 5) is 8.36. The monoisotopic (exact) mass is 334 g/mol. The lowest BCUT2D eigenvalue weighted by Crippen LogP contribution is -1.95. The third-order valence-corrected chi connectivity index (χ3v) is 3.56. The fourth-order valence-corrected chi connectivity index (χ4v) is 2.47. The minimum atomic E-state index is -0.307. The van der Waals surface area contributed by atoms with E-state index in [2.05, 4.69) is 32.2 Å². The summed E-state index contributed by atoms with van der Waals surface area (Å²) in [5.41, 5.74) is 1.62. The number of pyridine rings is 1. The lowest BCUT2D eigenvalue weighted by Gasteiger charge is -2.08. The van der Waals surface area contributed by atoms with E-state index in [4.69, 9.17) is 4.74 Å². The molecule has 101 valence electrons. The van der Waals surface area contributed by atoms with E-state index in [-0.39, 0.29) is 5.82 Å². The molecule has 3 aromatic rings. The van der Waals surface area contributed by atoms with Gasteiger partial charge >= 0.3 is 0 Å². The molecule has 3 rings (SSSR count). The summed E-state index contributed by atoms with van der Waals surface area (Å²) in [6.07, 6.45) is 4.52. The van der Waals surface area contributed by atoms with E-state index in [1.165, 1.54) is 12.1 Å². The molecule has 20 heavy (non-hydrogen) atoms. The molecule has 0 amide bonds. The topological polar surface area (TPSA) is 39.9 Å². The summed E-state index contributed by atoms with van der Waals surface area (Å²) in [7, 11) is 0. The van der Waals surface area contributed by atoms with Gasteiger partial charge in [0.25, 0.3) is 0 Å². The normalized spacial score (nSPS) is 10.9. The van der Waals surface area contributed by atoms with Crippen molar-refractivity contribution in [2.75, 3.05) is 0 Å². The number of hydrogen-bond acceptors (Lipinski definition) is 3. The Morgan fingerprint density at radius 3 is 2.80 bits per heavy atom. The van der Waals surface area contributed by atoms with Gasteiger partial charge in [-0.05, 0) is 47.1 Å². The van der Waals surface area contributed by atoms with Crippen molar-refractivity contribution in [3.8, 4) is 11.6 Å². The smallest absolute Gasteiger partial charge is 0.235 e. The summed E-state index contributed by atoms with van der Waals surface area (Å²) < 4.78 is 21.1. The van der Waals surface area contributed by atoms with E-state index in [0.29, 0.717) is 16.1 Å². The molecule has 4 nitrogen and oxygen atoms in total. The van der Waals surface area contributed by atoms with Gasteiger partial charge in [-0.3, -0.25) is 0 Å². The Labute approximate surface area is 123 Å². The molecule has 0 saturated carbocycles. The van der Waals surface area contributed by atoms with Crippen LogP contribution in [0.25, 0.3) is 11.0 Å². The van der Waals surface area contributed by atoms with Gasteiger partial charge in [0, 0.05) is 6.54 Å². The van der Waals surface area contributed by atoms with Crippen molar-refractivity contribution in [2.45, 2.75) is 13.5 Å². The van der Waals surface area contributed by atoms with Crippen LogP contribution in [0.3, 0.4) is 0 Å². The van der Waals surface area contributed by atoms with Crippen LogP contribution in [0, 0.1) is 12.1 Å². The number of aromatic nitrogens is 3. The molecule has 0 aliphatic heterocycles. The number of halogens is 2. The van der Waals surface area contributed by atoms with Crippen molar-refractivity contribution in [3.05, 3.63) is 47.1 Å². The minimum absolute atomic E-state index is 0.307. The highest BCUT2D eigenvalue weighted by Crippen LogP contribution is 2.33. The number of nitrogens with zero attached hydrogens (tertiary/aromatic N) is 3. The fraction of sp³-hybridized carbons (Fsp3) is 0.143. The van der Waals surface area contributed by atoms with Crippen LogP contribution in [0.15, 0.2) is 34.9 Å². The Balaban J connectivity index is 2.03. The molecule has 0 N–H and O–H groups in total. The molecule has 0 aliphatic rings. The van der Waals surface area contributed by atoms with Gasteiger partial charge in [0.2, 0.25) is 5.88 Å². The van der Waals surface area contributed by atoms with Gasteiger partial charge in [0.1, 0.15) is 21.6 Å². The van der Waals surface area contributed by atoms with E-state index in [9.17, 15) is 4.39 Å². The predicted molar refractivity (Wildman–Crippen MR) is 76.2 cm³/mol. The maximum absolute atomic E-state index is 12.9. The van der Waals surface area contributed by atoms with Gasteiger partial charge < -0.3 is 9.30 Å². The van der Waals surface area contributed by atoms with Crippen LogP contribution in [0.4, 0.5) is 4.39 Å². The third-order valence-electron chi connectivity index (χ3n) is 2.85. The first kappa shape index (κ1) is 13.1. The molecule has 0 bridgehead atoms. The molecule has 6 heteroatoms. The predicted octanol–water partition coefficient (Wildman–Crippen LogP) is 3.95. The van der Waals surface area contributed by atoms with E-state index < -0.39 is 0 Å². The molecule has 0 atom stereocenters. The highest BCUT2D eigenvalue weighted by atomic mass is 79.9. The van der Waals surface area contributed by atoms with Crippen LogP contribution < -0.4 is 4.74 Å². The van der Waals surface area contributed by atoms with Gasteiger partial charge in [-0.15, -0.1) is 0 Å². The Morgan fingerprint density at radius 1 is 1.35 bits per heavy atom. The molecular formula is C14H10BrFN3O. The van der Waals surface area contributed by atoms with E-state index in [1.54, 1.807) is 18.3 Å². The van der Waals surface area contributed by atoms with Gasteiger partial charge in [0.15, 0.2) is 6.33 Å². The number of fused-ring (bicyclic) bond motifs is 1. The zero-order valence-electron chi connectivity index (χ0n) is 10.6. The molecule has 0 unspecified atom stereocenters. The molecule has 1 aromatic carbocycles. The molecule has 2 aromatic heterocycles. The fourth-order valence-electron chi connectivity index (χ4n) is 1.87. The molecule has 0 aliphatic carbocycles. The van der Waals surface area contributed by atoms with Crippen molar-refractivity contribution in [2.24, 2.45) is 0 Å². The zero-order valence-corrected chi connectivity index (χ0v) is 12.2. The summed E-state index contributed by atoms with van der Waals surface area (Å²) in [5, 5.41) is 0. The Morgan fingerprint density at radius 2 is 2.10 bits per heavy atom. The second-order valence-corrected chi connectivity index (χ2v) is 4.92. The highest BCUT2D eigenvalue weighted by Gasteiger charge is 2.13. The van der Waals surface area contributed by atoms with Crippen LogP contribution in [0.1, 0.15) is 6.92 Å². The Kier molecular flexibility index (Phi) is 3.40. The highest BCUT2D eigenvalue weighted by molar-refractivity contribution is 9.10. The standard InChI is InChI=1S/C14H10BrFN3O/c1-2-19-8-18-11-7-17-14(12(15)13(11)19)20-10-5-3-9(16)4-6-10/h3-7H,2H2,1H3. The van der Waals surface area contributed by atoms with Crippen molar-refractivity contribution in [1.29, 1.82) is 0 Å². The largest absolute Gasteiger partial charge is 0.438 e. The molecule has 2 heterocycles. The number of rotatable bonds is 3. The Hall–Kier alpha value is -1.95. The average molecular weight is 335 g/mol. The van der Waals surface area contributed by atoms with Crippen molar-refractivity contribution in [1.82, 2.24) is 14.5 Å². The van der Waals surface area contributed by atoms with Gasteiger partial charge in [-0.25, -0.2) is 14.4 Å². The average Bonchev–Trinajstić information content (AvgIpc) is 2.88. The molecule has 0 saturated heterocycles. The maximum atomic E-state index is 12.9. The number of aryl methyl sites for hydroxylation is 1. The van der Waals surface area contributed by atoms with Gasteiger partial charge in [0.05, 0.1) is 11.7 Å². The minimum Gasteiger partial charge on any atom is -0.438 e. The zero-order chi connectivity index (χ0) is 14.1. The van der Waals surface area contributed by atoms with Crippen LogP contribution in [-0.4, -0.2) is 14.5 Å². The second-order valence-electron chi connectivity index (χ2n) is 4.12. The van der Waals surface area contributed by atoms with Crippen LogP contribution >= 0.6 is 15.9 Å². The summed E-state index contributed by atoms with van der Waals surface area (Å²) in [6, 6.07) is 5.78. The van der Waals surface area contributed by atoms with Crippen molar-refractivity contribution < 1.29 is 9.13 Å². The van der Waals surface area contributed by atoms with Crippen LogP contribution in [0.5, 0.6) is 11.6 Å². The molecule has 0 spiro atoms. The molecule has 1 radical (unpaired) electrons. The van der Waals surface area contributed by atoms with Crippen molar-refractivity contribution in [3.63, 3.8) is 0 Å². The van der Waals surface area contributed by atoms with E-state index in [0.717, 1.165) is 17.6 Å². The number of imidazole rings is 1. The van der Waals surface area contributed by atoms with Crippen LogP contribution in [0.2, 0.25) is 0 Å². The Bertz CT molecular complexity index is 755. The van der Waals surface area contributed by atoms with Crippen LogP contribution in [-0.2, 0) is 6.54 Å². The van der Waals surface area contributed by atoms with Gasteiger partial charge in [-0.2, -0.15) is 0 Å². The third kappa shape index (κ3) is 2.27. The number of benzene rings is 1. The lowest BCUT2D eigenvalue weighted by atomic mass is 10.3. The maximum Gasteiger partial charge on any atom is 0.235 e. The summed E-state index contributed by atoms with van der Waals surface area (Å²) >= 11 is 3.48. The van der Waals surface area contributed by atoms with E-state index >= 15 is 0 Å². The van der Waals surface area contributed by atoms with Gasteiger partial charge in [-0.1, -0.05) is 0 Å². The first-order chi connectivity index (χ1) is 9.69. The summed E-state index contributed by atoms with van der Waals surface area (Å²) in [5.74, 6) is 0.622. The lowest BCUT2D eigenvalue weighted by molar-refractivity contribution is 0.459. The molecule has 0 fully saturated rings. The number of hydrogen-bond donors (Lipinski definition) is 0. The quantitative estimate of drug-likeness (QED) is 0.728. The SMILES string of the molecule is CCn1[c]nc2cnc(Oc3ccc(F)cc3)c(Br)c21. The van der Waals surface area contributed by atoms with Crippen molar-refractivity contribution >= 4 is 27.0 Å². The molecular weight excluding hydrogens is 325 g/mol. The number of ether oxygens (including phenoxy) is 1.